The summed E-state index contributed by atoms with van der Waals surface area (Å²) in [5.41, 5.74) is 1.48. The van der Waals surface area contributed by atoms with Crippen molar-refractivity contribution in [3.63, 3.8) is 0 Å². The first-order valence-corrected chi connectivity index (χ1v) is 11.5. The third kappa shape index (κ3) is 9.41. The van der Waals surface area contributed by atoms with Gasteiger partial charge in [-0.15, -0.1) is 0 Å². The summed E-state index contributed by atoms with van der Waals surface area (Å²) in [6.07, 6.45) is 4.25. The minimum atomic E-state index is -0.0575. The van der Waals surface area contributed by atoms with Crippen LogP contribution in [0.3, 0.4) is 0 Å². The highest BCUT2D eigenvalue weighted by molar-refractivity contribution is 5.91. The van der Waals surface area contributed by atoms with E-state index in [0.29, 0.717) is 25.7 Å². The fourth-order valence-electron chi connectivity index (χ4n) is 2.88. The summed E-state index contributed by atoms with van der Waals surface area (Å²) in [6.45, 7) is 8.19. The molecule has 2 atom stereocenters. The van der Waals surface area contributed by atoms with E-state index in [0.717, 1.165) is 35.7 Å². The Bertz CT molecular complexity index is 762. The highest BCUT2D eigenvalue weighted by atomic mass is 16.5. The summed E-state index contributed by atoms with van der Waals surface area (Å²) >= 11 is 0. The minimum absolute atomic E-state index is 0.0575. The molecule has 2 aromatic rings. The highest BCUT2D eigenvalue weighted by Crippen LogP contribution is 2.19. The number of rotatable bonds is 13. The second-order valence-electron chi connectivity index (χ2n) is 8.03. The van der Waals surface area contributed by atoms with E-state index >= 15 is 0 Å². The Morgan fingerprint density at radius 1 is 0.688 bits per heavy atom. The lowest BCUT2D eigenvalue weighted by Crippen LogP contribution is -2.13. The van der Waals surface area contributed by atoms with Crippen molar-refractivity contribution in [1.82, 2.24) is 0 Å². The van der Waals surface area contributed by atoms with Gasteiger partial charge in [0.05, 0.1) is 12.2 Å². The van der Waals surface area contributed by atoms with Gasteiger partial charge in [-0.1, -0.05) is 13.8 Å². The predicted molar refractivity (Wildman–Crippen MR) is 129 cm³/mol. The molecule has 0 aliphatic rings. The summed E-state index contributed by atoms with van der Waals surface area (Å²) in [5.74, 6) is 1.47. The number of hydrogen-bond donors (Lipinski definition) is 2. The Balaban J connectivity index is 1.64. The van der Waals surface area contributed by atoms with Crippen molar-refractivity contribution in [1.29, 1.82) is 0 Å². The fraction of sp³-hybridized carbons (Fsp3) is 0.462. The zero-order chi connectivity index (χ0) is 23.3. The second kappa shape index (κ2) is 13.4. The number of carbonyl (C=O) groups excluding carboxylic acids is 2. The minimum Gasteiger partial charge on any atom is -0.491 e. The molecule has 174 valence electrons. The first kappa shape index (κ1) is 25.2. The fourth-order valence-corrected chi connectivity index (χ4v) is 2.88. The zero-order valence-electron chi connectivity index (χ0n) is 19.6. The lowest BCUT2D eigenvalue weighted by atomic mass is 10.1. The van der Waals surface area contributed by atoms with Crippen molar-refractivity contribution in [3.8, 4) is 11.5 Å². The van der Waals surface area contributed by atoms with Crippen molar-refractivity contribution >= 4 is 23.2 Å². The van der Waals surface area contributed by atoms with E-state index in [4.69, 9.17) is 9.47 Å². The Hall–Kier alpha value is -3.02. The molecule has 2 unspecified atom stereocenters. The SMILES string of the molecule is CCC(C)Oc1ccc(NC(=O)CCCCC(=O)Nc2ccc(OC(C)CC)cc2)cc1. The number of ether oxygens (including phenoxy) is 2. The van der Waals surface area contributed by atoms with Crippen molar-refractivity contribution in [2.75, 3.05) is 10.6 Å². The number of benzene rings is 2. The van der Waals surface area contributed by atoms with Crippen LogP contribution in [0.2, 0.25) is 0 Å². The van der Waals surface area contributed by atoms with Crippen LogP contribution < -0.4 is 20.1 Å². The van der Waals surface area contributed by atoms with Crippen LogP contribution in [0.1, 0.15) is 66.2 Å². The van der Waals surface area contributed by atoms with Gasteiger partial charge in [-0.05, 0) is 88.1 Å². The van der Waals surface area contributed by atoms with Crippen molar-refractivity contribution in [2.45, 2.75) is 78.4 Å². The second-order valence-corrected chi connectivity index (χ2v) is 8.03. The molecule has 0 spiro atoms. The normalized spacial score (nSPS) is 12.5. The van der Waals surface area contributed by atoms with Gasteiger partial charge in [-0.2, -0.15) is 0 Å². The Morgan fingerprint density at radius 2 is 1.03 bits per heavy atom. The first-order chi connectivity index (χ1) is 15.4. The van der Waals surface area contributed by atoms with Gasteiger partial charge in [0.25, 0.3) is 0 Å². The molecular weight excluding hydrogens is 404 g/mol. The van der Waals surface area contributed by atoms with Crippen LogP contribution in [0.5, 0.6) is 11.5 Å². The number of carbonyl (C=O) groups is 2. The van der Waals surface area contributed by atoms with Crippen LogP contribution >= 0.6 is 0 Å². The molecule has 0 saturated heterocycles. The molecule has 32 heavy (non-hydrogen) atoms. The average molecular weight is 441 g/mol. The Labute approximate surface area is 191 Å². The van der Waals surface area contributed by atoms with Crippen LogP contribution in [0.15, 0.2) is 48.5 Å². The summed E-state index contributed by atoms with van der Waals surface area (Å²) in [4.78, 5) is 24.3. The molecule has 2 N–H and O–H groups in total. The molecule has 0 bridgehead atoms. The first-order valence-electron chi connectivity index (χ1n) is 11.5. The number of unbranched alkanes of at least 4 members (excludes halogenated alkanes) is 1. The predicted octanol–water partition coefficient (Wildman–Crippen LogP) is 6.18. The van der Waals surface area contributed by atoms with Crippen molar-refractivity contribution in [3.05, 3.63) is 48.5 Å². The van der Waals surface area contributed by atoms with Gasteiger partial charge in [0.2, 0.25) is 11.8 Å². The largest absolute Gasteiger partial charge is 0.491 e. The Morgan fingerprint density at radius 3 is 1.34 bits per heavy atom. The number of nitrogens with one attached hydrogen (secondary N) is 2. The lowest BCUT2D eigenvalue weighted by Gasteiger charge is -2.13. The molecule has 6 nitrogen and oxygen atoms in total. The van der Waals surface area contributed by atoms with Gasteiger partial charge in [0.15, 0.2) is 0 Å². The van der Waals surface area contributed by atoms with Crippen LogP contribution in [0.25, 0.3) is 0 Å². The molecule has 0 heterocycles. The summed E-state index contributed by atoms with van der Waals surface area (Å²) in [7, 11) is 0. The van der Waals surface area contributed by atoms with Gasteiger partial charge in [0, 0.05) is 24.2 Å². The van der Waals surface area contributed by atoms with Crippen LogP contribution in [-0.4, -0.2) is 24.0 Å². The molecule has 0 aliphatic carbocycles. The molecule has 0 fully saturated rings. The standard InChI is InChI=1S/C26H36N2O4/c1-5-19(3)31-23-15-11-21(12-16-23)27-25(29)9-7-8-10-26(30)28-22-13-17-24(18-14-22)32-20(4)6-2/h11-20H,5-10H2,1-4H3,(H,27,29)(H,28,30). The van der Waals surface area contributed by atoms with Gasteiger partial charge in [-0.25, -0.2) is 0 Å². The third-order valence-corrected chi connectivity index (χ3v) is 5.16. The zero-order valence-corrected chi connectivity index (χ0v) is 19.6. The topological polar surface area (TPSA) is 76.7 Å². The molecule has 2 rings (SSSR count). The van der Waals surface area contributed by atoms with E-state index in [9.17, 15) is 9.59 Å². The lowest BCUT2D eigenvalue weighted by molar-refractivity contribution is -0.118. The monoisotopic (exact) mass is 440 g/mol. The van der Waals surface area contributed by atoms with Crippen LogP contribution in [0, 0.1) is 0 Å². The molecule has 0 radical (unpaired) electrons. The van der Waals surface area contributed by atoms with Gasteiger partial charge < -0.3 is 20.1 Å². The van der Waals surface area contributed by atoms with Gasteiger partial charge in [0.1, 0.15) is 11.5 Å². The molecule has 0 saturated carbocycles. The highest BCUT2D eigenvalue weighted by Gasteiger charge is 2.07. The van der Waals surface area contributed by atoms with Gasteiger partial charge in [-0.3, -0.25) is 9.59 Å². The maximum Gasteiger partial charge on any atom is 0.224 e. The third-order valence-electron chi connectivity index (χ3n) is 5.16. The smallest absolute Gasteiger partial charge is 0.224 e. The number of hydrogen-bond acceptors (Lipinski definition) is 4. The van der Waals surface area contributed by atoms with E-state index in [1.807, 2.05) is 62.4 Å². The summed E-state index contributed by atoms with van der Waals surface area (Å²) in [6, 6.07) is 14.8. The average Bonchev–Trinajstić information content (AvgIpc) is 2.79. The molecule has 0 aliphatic heterocycles. The van der Waals surface area contributed by atoms with Crippen LogP contribution in [0.4, 0.5) is 11.4 Å². The molecule has 2 aromatic carbocycles. The number of anilines is 2. The van der Waals surface area contributed by atoms with Gasteiger partial charge >= 0.3 is 0 Å². The maximum atomic E-state index is 12.1. The molecular formula is C26H36N2O4. The molecule has 6 heteroatoms. The van der Waals surface area contributed by atoms with E-state index in [2.05, 4.69) is 24.5 Å². The maximum absolute atomic E-state index is 12.1. The summed E-state index contributed by atoms with van der Waals surface area (Å²) in [5, 5.41) is 5.76. The van der Waals surface area contributed by atoms with Crippen LogP contribution in [-0.2, 0) is 9.59 Å². The number of amides is 2. The molecule has 0 aromatic heterocycles. The van der Waals surface area contributed by atoms with E-state index in [1.54, 1.807) is 0 Å². The van der Waals surface area contributed by atoms with Crippen molar-refractivity contribution in [2.24, 2.45) is 0 Å². The summed E-state index contributed by atoms with van der Waals surface area (Å²) < 4.78 is 11.5. The van der Waals surface area contributed by atoms with E-state index < -0.39 is 0 Å². The van der Waals surface area contributed by atoms with Crippen molar-refractivity contribution < 1.29 is 19.1 Å². The van der Waals surface area contributed by atoms with E-state index in [1.165, 1.54) is 0 Å². The van der Waals surface area contributed by atoms with E-state index in [-0.39, 0.29) is 24.0 Å². The molecule has 2 amide bonds. The Kier molecular flexibility index (Phi) is 10.6. The quantitative estimate of drug-likeness (QED) is 0.365.